The van der Waals surface area contributed by atoms with E-state index in [1.165, 1.54) is 17.0 Å². The molecule has 1 aliphatic rings. The molecule has 0 radical (unpaired) electrons. The lowest BCUT2D eigenvalue weighted by Crippen LogP contribution is -2.46. The zero-order chi connectivity index (χ0) is 18.4. The van der Waals surface area contributed by atoms with Crippen LogP contribution in [-0.4, -0.2) is 68.1 Å². The molecule has 0 aliphatic carbocycles. The maximum atomic E-state index is 12.7. The lowest BCUT2D eigenvalue weighted by atomic mass is 10.2. The molecular formula is C16H20F3N3O3. The minimum atomic E-state index is -4.47. The fourth-order valence-electron chi connectivity index (χ4n) is 2.42. The fraction of sp³-hybridized carbons (Fsp3) is 0.500. The number of ether oxygens (including phenoxy) is 1. The Hall–Kier alpha value is -2.13. The lowest BCUT2D eigenvalue weighted by Gasteiger charge is -2.28. The Morgan fingerprint density at radius 2 is 1.92 bits per heavy atom. The van der Waals surface area contributed by atoms with Crippen LogP contribution < -0.4 is 5.32 Å². The highest BCUT2D eigenvalue weighted by atomic mass is 19.4. The maximum absolute atomic E-state index is 12.7. The van der Waals surface area contributed by atoms with E-state index in [4.69, 9.17) is 4.74 Å². The molecule has 0 aromatic heterocycles. The number of anilines is 1. The minimum absolute atomic E-state index is 0.0516. The second kappa shape index (κ2) is 8.30. The average Bonchev–Trinajstić information content (AvgIpc) is 2.54. The summed E-state index contributed by atoms with van der Waals surface area (Å²) in [6.07, 6.45) is -4.47. The normalized spacial score (nSPS) is 15.3. The zero-order valence-electron chi connectivity index (χ0n) is 13.8. The van der Waals surface area contributed by atoms with Crippen LogP contribution >= 0.6 is 0 Å². The quantitative estimate of drug-likeness (QED) is 0.864. The summed E-state index contributed by atoms with van der Waals surface area (Å²) in [7, 11) is 1.60. The molecule has 1 N–H and O–H groups in total. The van der Waals surface area contributed by atoms with Gasteiger partial charge in [0.15, 0.2) is 0 Å². The van der Waals surface area contributed by atoms with E-state index < -0.39 is 17.6 Å². The van der Waals surface area contributed by atoms with Gasteiger partial charge in [-0.3, -0.25) is 14.5 Å². The van der Waals surface area contributed by atoms with Gasteiger partial charge < -0.3 is 15.0 Å². The van der Waals surface area contributed by atoms with Crippen molar-refractivity contribution >= 4 is 17.5 Å². The first-order valence-electron chi connectivity index (χ1n) is 7.77. The molecule has 6 nitrogen and oxygen atoms in total. The van der Waals surface area contributed by atoms with Gasteiger partial charge in [-0.05, 0) is 25.2 Å². The van der Waals surface area contributed by atoms with E-state index in [1.807, 2.05) is 0 Å². The summed E-state index contributed by atoms with van der Waals surface area (Å²) < 4.78 is 43.2. The fourth-order valence-corrected chi connectivity index (χ4v) is 2.42. The first kappa shape index (κ1) is 19.2. The number of hydrogen-bond acceptors (Lipinski definition) is 4. The second-order valence-electron chi connectivity index (χ2n) is 5.79. The third-order valence-electron chi connectivity index (χ3n) is 3.66. The van der Waals surface area contributed by atoms with Crippen LogP contribution in [0.5, 0.6) is 0 Å². The molecule has 2 rings (SSSR count). The summed E-state index contributed by atoms with van der Waals surface area (Å²) in [5, 5.41) is 2.41. The molecule has 1 aromatic rings. The molecule has 0 spiro atoms. The first-order valence-corrected chi connectivity index (χ1v) is 7.77. The van der Waals surface area contributed by atoms with Crippen molar-refractivity contribution in [1.82, 2.24) is 9.80 Å². The summed E-state index contributed by atoms with van der Waals surface area (Å²) in [5.41, 5.74) is -0.770. The Morgan fingerprint density at radius 3 is 2.56 bits per heavy atom. The van der Waals surface area contributed by atoms with Crippen molar-refractivity contribution in [3.8, 4) is 0 Å². The summed E-state index contributed by atoms with van der Waals surface area (Å²) in [6, 6.07) is 4.41. The number of hydrogen-bond donors (Lipinski definition) is 1. The Labute approximate surface area is 143 Å². The van der Waals surface area contributed by atoms with Gasteiger partial charge in [-0.25, -0.2) is 0 Å². The van der Waals surface area contributed by atoms with Crippen LogP contribution in [-0.2, 0) is 20.5 Å². The number of morpholine rings is 1. The number of nitrogens with one attached hydrogen (secondary N) is 1. The highest BCUT2D eigenvalue weighted by molar-refractivity contribution is 5.92. The highest BCUT2D eigenvalue weighted by Gasteiger charge is 2.30. The first-order chi connectivity index (χ1) is 11.8. The van der Waals surface area contributed by atoms with E-state index in [0.717, 1.165) is 12.1 Å². The molecule has 1 aromatic carbocycles. The van der Waals surface area contributed by atoms with Crippen LogP contribution in [0.2, 0.25) is 0 Å². The van der Waals surface area contributed by atoms with Crippen LogP contribution in [0.3, 0.4) is 0 Å². The molecule has 2 amide bonds. The number of likely N-dealkylation sites (N-methyl/N-ethyl adjacent to an activating group) is 1. The van der Waals surface area contributed by atoms with Crippen molar-refractivity contribution in [1.29, 1.82) is 0 Å². The molecule has 138 valence electrons. The van der Waals surface area contributed by atoms with Crippen molar-refractivity contribution in [2.24, 2.45) is 0 Å². The third-order valence-corrected chi connectivity index (χ3v) is 3.66. The Bertz CT molecular complexity index is 616. The van der Waals surface area contributed by atoms with Gasteiger partial charge >= 0.3 is 6.18 Å². The number of alkyl halides is 3. The van der Waals surface area contributed by atoms with E-state index in [9.17, 15) is 22.8 Å². The predicted molar refractivity (Wildman–Crippen MR) is 85.0 cm³/mol. The molecular weight excluding hydrogens is 339 g/mol. The number of amides is 2. The summed E-state index contributed by atoms with van der Waals surface area (Å²) >= 11 is 0. The predicted octanol–water partition coefficient (Wildman–Crippen LogP) is 1.43. The van der Waals surface area contributed by atoms with Gasteiger partial charge in [0.05, 0.1) is 31.9 Å². The van der Waals surface area contributed by atoms with E-state index in [2.05, 4.69) is 5.32 Å². The van der Waals surface area contributed by atoms with Crippen molar-refractivity contribution in [2.75, 3.05) is 51.8 Å². The summed E-state index contributed by atoms with van der Waals surface area (Å²) in [4.78, 5) is 27.2. The molecule has 1 heterocycles. The molecule has 1 fully saturated rings. The molecule has 0 bridgehead atoms. The maximum Gasteiger partial charge on any atom is 0.416 e. The van der Waals surface area contributed by atoms with Crippen molar-refractivity contribution in [3.63, 3.8) is 0 Å². The Kier molecular flexibility index (Phi) is 6.38. The van der Waals surface area contributed by atoms with Crippen LogP contribution in [0.15, 0.2) is 24.3 Å². The molecule has 0 unspecified atom stereocenters. The summed E-state index contributed by atoms with van der Waals surface area (Å²) in [5.74, 6) is -0.603. The largest absolute Gasteiger partial charge is 0.416 e. The van der Waals surface area contributed by atoms with Gasteiger partial charge in [-0.15, -0.1) is 0 Å². The van der Waals surface area contributed by atoms with E-state index >= 15 is 0 Å². The number of nitrogens with zero attached hydrogens (tertiary/aromatic N) is 2. The lowest BCUT2D eigenvalue weighted by molar-refractivity contribution is -0.138. The van der Waals surface area contributed by atoms with Gasteiger partial charge in [0.25, 0.3) is 0 Å². The monoisotopic (exact) mass is 359 g/mol. The van der Waals surface area contributed by atoms with Gasteiger partial charge in [0, 0.05) is 18.8 Å². The summed E-state index contributed by atoms with van der Waals surface area (Å²) in [6.45, 7) is 1.96. The van der Waals surface area contributed by atoms with Gasteiger partial charge in [-0.2, -0.15) is 13.2 Å². The van der Waals surface area contributed by atoms with Crippen molar-refractivity contribution in [3.05, 3.63) is 29.8 Å². The van der Waals surface area contributed by atoms with E-state index in [-0.39, 0.29) is 24.7 Å². The average molecular weight is 359 g/mol. The number of halogens is 3. The van der Waals surface area contributed by atoms with Crippen LogP contribution in [0, 0.1) is 0 Å². The molecule has 9 heteroatoms. The third kappa shape index (κ3) is 6.02. The molecule has 0 saturated carbocycles. The number of rotatable bonds is 5. The molecule has 0 atom stereocenters. The minimum Gasteiger partial charge on any atom is -0.378 e. The van der Waals surface area contributed by atoms with Gasteiger partial charge in [0.2, 0.25) is 11.8 Å². The topological polar surface area (TPSA) is 61.9 Å². The smallest absolute Gasteiger partial charge is 0.378 e. The van der Waals surface area contributed by atoms with E-state index in [1.54, 1.807) is 11.9 Å². The molecule has 25 heavy (non-hydrogen) atoms. The van der Waals surface area contributed by atoms with Gasteiger partial charge in [0.1, 0.15) is 0 Å². The van der Waals surface area contributed by atoms with Crippen LogP contribution in [0.1, 0.15) is 5.56 Å². The molecule has 1 aliphatic heterocycles. The number of benzene rings is 1. The van der Waals surface area contributed by atoms with E-state index in [0.29, 0.717) is 26.3 Å². The number of carbonyl (C=O) groups excluding carboxylic acids is 2. The van der Waals surface area contributed by atoms with Gasteiger partial charge in [-0.1, -0.05) is 6.07 Å². The van der Waals surface area contributed by atoms with Crippen molar-refractivity contribution in [2.45, 2.75) is 6.18 Å². The van der Waals surface area contributed by atoms with Crippen molar-refractivity contribution < 1.29 is 27.5 Å². The number of carbonyl (C=O) groups is 2. The van der Waals surface area contributed by atoms with Crippen LogP contribution in [0.4, 0.5) is 18.9 Å². The molecule has 1 saturated heterocycles. The Balaban J connectivity index is 1.84. The van der Waals surface area contributed by atoms with Crippen LogP contribution in [0.25, 0.3) is 0 Å². The SMILES string of the molecule is CN(CC(=O)Nc1cccc(C(F)(F)F)c1)CC(=O)N1CCOCC1. The highest BCUT2D eigenvalue weighted by Crippen LogP contribution is 2.30. The second-order valence-corrected chi connectivity index (χ2v) is 5.79. The zero-order valence-corrected chi connectivity index (χ0v) is 13.8. The standard InChI is InChI=1S/C16H20F3N3O3/c1-21(11-15(24)22-5-7-25-8-6-22)10-14(23)20-13-4-2-3-12(9-13)16(17,18)19/h2-4,9H,5-8,10-11H2,1H3,(H,20,23). The Morgan fingerprint density at radius 1 is 1.24 bits per heavy atom.